The van der Waals surface area contributed by atoms with Crippen molar-refractivity contribution in [1.82, 2.24) is 14.9 Å². The molecule has 0 fully saturated rings. The van der Waals surface area contributed by atoms with Gasteiger partial charge < -0.3 is 14.6 Å². The van der Waals surface area contributed by atoms with Gasteiger partial charge in [0.15, 0.2) is 5.16 Å². The molecule has 7 nitrogen and oxygen atoms in total. The van der Waals surface area contributed by atoms with Gasteiger partial charge in [-0.15, -0.1) is 13.2 Å². The molecule has 124 valence electrons. The number of hydrogen-bond acceptors (Lipinski definition) is 6. The maximum atomic E-state index is 12.1. The summed E-state index contributed by atoms with van der Waals surface area (Å²) in [6, 6.07) is 1.23. The van der Waals surface area contributed by atoms with Crippen molar-refractivity contribution in [3.8, 4) is 0 Å². The lowest BCUT2D eigenvalue weighted by molar-refractivity contribution is -0.139. The van der Waals surface area contributed by atoms with Gasteiger partial charge in [-0.1, -0.05) is 23.9 Å². The molecule has 1 rings (SSSR count). The summed E-state index contributed by atoms with van der Waals surface area (Å²) >= 11 is 1.09. The highest BCUT2D eigenvalue weighted by Crippen LogP contribution is 2.12. The lowest BCUT2D eigenvalue weighted by Gasteiger charge is -2.18. The monoisotopic (exact) mass is 337 g/mol. The topological polar surface area (TPSA) is 92.4 Å². The molecule has 0 atom stereocenters. The molecule has 1 aromatic rings. The van der Waals surface area contributed by atoms with Gasteiger partial charge in [-0.3, -0.25) is 14.4 Å². The van der Waals surface area contributed by atoms with Crippen LogP contribution in [0.3, 0.4) is 0 Å². The van der Waals surface area contributed by atoms with Crippen LogP contribution in [0.1, 0.15) is 5.69 Å². The zero-order chi connectivity index (χ0) is 17.2. The van der Waals surface area contributed by atoms with Gasteiger partial charge >= 0.3 is 5.97 Å². The number of thioether (sulfide) groups is 1. The molecule has 0 radical (unpaired) electrons. The van der Waals surface area contributed by atoms with E-state index in [4.69, 9.17) is 0 Å². The molecule has 0 aliphatic heterocycles. The van der Waals surface area contributed by atoms with Crippen molar-refractivity contribution in [2.24, 2.45) is 0 Å². The number of aromatic amines is 1. The van der Waals surface area contributed by atoms with Gasteiger partial charge in [-0.25, -0.2) is 4.98 Å². The Morgan fingerprint density at radius 1 is 1.39 bits per heavy atom. The molecule has 0 saturated carbocycles. The van der Waals surface area contributed by atoms with Crippen molar-refractivity contribution in [3.63, 3.8) is 0 Å². The molecular weight excluding hydrogens is 318 g/mol. The SMILES string of the molecule is C=CCN(CC=C)C(=O)CSc1nc(CC(=O)OC)cc(=O)[nH]1. The van der Waals surface area contributed by atoms with Gasteiger partial charge in [0.05, 0.1) is 25.0 Å². The first-order valence-electron chi connectivity index (χ1n) is 6.79. The highest BCUT2D eigenvalue weighted by Gasteiger charge is 2.13. The Bertz CT molecular complexity index is 632. The van der Waals surface area contributed by atoms with Crippen molar-refractivity contribution < 1.29 is 14.3 Å². The highest BCUT2D eigenvalue weighted by molar-refractivity contribution is 7.99. The summed E-state index contributed by atoms with van der Waals surface area (Å²) in [5.74, 6) is -0.513. The number of hydrogen-bond donors (Lipinski definition) is 1. The molecule has 1 amide bonds. The second-order valence-electron chi connectivity index (χ2n) is 4.46. The van der Waals surface area contributed by atoms with Crippen molar-refractivity contribution in [2.75, 3.05) is 26.0 Å². The minimum Gasteiger partial charge on any atom is -0.469 e. The minimum atomic E-state index is -0.488. The maximum absolute atomic E-state index is 12.1. The smallest absolute Gasteiger partial charge is 0.311 e. The van der Waals surface area contributed by atoms with Gasteiger partial charge in [-0.05, 0) is 0 Å². The molecule has 0 aromatic carbocycles. The first kappa shape index (κ1) is 18.7. The van der Waals surface area contributed by atoms with E-state index in [1.54, 1.807) is 17.1 Å². The summed E-state index contributed by atoms with van der Waals surface area (Å²) in [6.07, 6.45) is 3.16. The number of H-pyrrole nitrogens is 1. The van der Waals surface area contributed by atoms with Crippen molar-refractivity contribution in [2.45, 2.75) is 11.6 Å². The van der Waals surface area contributed by atoms with Crippen LogP contribution in [0.2, 0.25) is 0 Å². The van der Waals surface area contributed by atoms with Crippen LogP contribution < -0.4 is 5.56 Å². The van der Waals surface area contributed by atoms with Crippen LogP contribution in [0, 0.1) is 0 Å². The second kappa shape index (κ2) is 9.62. The quantitative estimate of drug-likeness (QED) is 0.310. The Morgan fingerprint density at radius 2 is 2.04 bits per heavy atom. The van der Waals surface area contributed by atoms with E-state index in [1.807, 2.05) is 0 Å². The summed E-state index contributed by atoms with van der Waals surface area (Å²) in [7, 11) is 1.26. The van der Waals surface area contributed by atoms with Crippen LogP contribution in [0.4, 0.5) is 0 Å². The standard InChI is InChI=1S/C15H19N3O4S/c1-4-6-18(7-5-2)13(20)10-23-15-16-11(8-12(19)17-15)9-14(21)22-3/h4-5,8H,1-2,6-7,9-10H2,3H3,(H,16,17,19). The summed E-state index contributed by atoms with van der Waals surface area (Å²) in [5.41, 5.74) is -0.0903. The van der Waals surface area contributed by atoms with Crippen LogP contribution in [-0.2, 0) is 20.7 Å². The van der Waals surface area contributed by atoms with Crippen molar-refractivity contribution >= 4 is 23.6 Å². The van der Waals surface area contributed by atoms with E-state index in [9.17, 15) is 14.4 Å². The molecule has 23 heavy (non-hydrogen) atoms. The van der Waals surface area contributed by atoms with Crippen LogP contribution >= 0.6 is 11.8 Å². The van der Waals surface area contributed by atoms with Crippen LogP contribution in [-0.4, -0.2) is 52.7 Å². The molecule has 0 bridgehead atoms. The summed E-state index contributed by atoms with van der Waals surface area (Å²) < 4.78 is 4.54. The van der Waals surface area contributed by atoms with E-state index >= 15 is 0 Å². The maximum Gasteiger partial charge on any atom is 0.311 e. The Hall–Kier alpha value is -2.35. The molecule has 1 aromatic heterocycles. The Morgan fingerprint density at radius 3 is 2.61 bits per heavy atom. The number of rotatable bonds is 9. The average Bonchev–Trinajstić information content (AvgIpc) is 2.51. The fraction of sp³-hybridized carbons (Fsp3) is 0.333. The van der Waals surface area contributed by atoms with Crippen LogP contribution in [0.25, 0.3) is 0 Å². The third-order valence-electron chi connectivity index (χ3n) is 2.71. The van der Waals surface area contributed by atoms with E-state index in [2.05, 4.69) is 27.9 Å². The number of methoxy groups -OCH3 is 1. The molecule has 1 heterocycles. The summed E-state index contributed by atoms with van der Waals surface area (Å²) in [6.45, 7) is 8.04. The number of carbonyl (C=O) groups is 2. The molecule has 0 aliphatic carbocycles. The number of nitrogens with zero attached hydrogens (tertiary/aromatic N) is 2. The van der Waals surface area contributed by atoms with Crippen LogP contribution in [0.5, 0.6) is 0 Å². The Labute approximate surface area is 138 Å². The Kier molecular flexibility index (Phi) is 7.82. The van der Waals surface area contributed by atoms with Gasteiger partial charge in [0.2, 0.25) is 5.91 Å². The predicted molar refractivity (Wildman–Crippen MR) is 88.3 cm³/mol. The van der Waals surface area contributed by atoms with Gasteiger partial charge in [0, 0.05) is 19.2 Å². The number of carbonyl (C=O) groups excluding carboxylic acids is 2. The van der Waals surface area contributed by atoms with E-state index in [1.165, 1.54) is 13.2 Å². The third kappa shape index (κ3) is 6.52. The van der Waals surface area contributed by atoms with Crippen molar-refractivity contribution in [3.05, 3.63) is 47.4 Å². The molecule has 0 spiro atoms. The number of amides is 1. The zero-order valence-corrected chi connectivity index (χ0v) is 13.7. The fourth-order valence-corrected chi connectivity index (χ4v) is 2.47. The van der Waals surface area contributed by atoms with E-state index in [0.29, 0.717) is 18.8 Å². The van der Waals surface area contributed by atoms with E-state index < -0.39 is 5.97 Å². The van der Waals surface area contributed by atoms with Gasteiger partial charge in [-0.2, -0.15) is 0 Å². The molecule has 1 N–H and O–H groups in total. The predicted octanol–water partition coefficient (Wildman–Crippen LogP) is 0.778. The fourth-order valence-electron chi connectivity index (χ4n) is 1.67. The lowest BCUT2D eigenvalue weighted by atomic mass is 10.3. The first-order chi connectivity index (χ1) is 11.0. The minimum absolute atomic E-state index is 0.0963. The molecule has 8 heteroatoms. The molecular formula is C15H19N3O4S. The van der Waals surface area contributed by atoms with Gasteiger partial charge in [0.25, 0.3) is 5.56 Å². The first-order valence-corrected chi connectivity index (χ1v) is 7.78. The zero-order valence-electron chi connectivity index (χ0n) is 12.9. The number of ether oxygens (including phenoxy) is 1. The molecule has 0 unspecified atom stereocenters. The summed E-state index contributed by atoms with van der Waals surface area (Å²) in [5, 5.41) is 0.280. The normalized spacial score (nSPS) is 9.96. The van der Waals surface area contributed by atoms with E-state index in [-0.39, 0.29) is 28.8 Å². The lowest BCUT2D eigenvalue weighted by Crippen LogP contribution is -2.32. The van der Waals surface area contributed by atoms with Crippen molar-refractivity contribution in [1.29, 1.82) is 0 Å². The second-order valence-corrected chi connectivity index (χ2v) is 5.42. The van der Waals surface area contributed by atoms with Gasteiger partial charge in [0.1, 0.15) is 0 Å². The third-order valence-corrected chi connectivity index (χ3v) is 3.57. The molecule has 0 aliphatic rings. The number of aromatic nitrogens is 2. The number of nitrogens with one attached hydrogen (secondary N) is 1. The number of esters is 1. The van der Waals surface area contributed by atoms with Crippen LogP contribution in [0.15, 0.2) is 41.3 Å². The summed E-state index contributed by atoms with van der Waals surface area (Å²) in [4.78, 5) is 43.2. The van der Waals surface area contributed by atoms with E-state index in [0.717, 1.165) is 11.8 Å². The average molecular weight is 337 g/mol. The largest absolute Gasteiger partial charge is 0.469 e. The Balaban J connectivity index is 2.74. The molecule has 0 saturated heterocycles. The highest BCUT2D eigenvalue weighted by atomic mass is 32.2.